The molecule has 0 aromatic carbocycles. The molecule has 0 radical (unpaired) electrons. The van der Waals surface area contributed by atoms with Gasteiger partial charge in [-0.05, 0) is 46.2 Å². The highest BCUT2D eigenvalue weighted by molar-refractivity contribution is 6.05. The van der Waals surface area contributed by atoms with Crippen molar-refractivity contribution in [2.24, 2.45) is 0 Å². The van der Waals surface area contributed by atoms with E-state index in [1.165, 1.54) is 6.26 Å². The zero-order valence-corrected chi connectivity index (χ0v) is 24.5. The van der Waals surface area contributed by atoms with Crippen LogP contribution in [0.2, 0.25) is 0 Å². The van der Waals surface area contributed by atoms with Crippen LogP contribution in [0.4, 0.5) is 22.3 Å². The maximum Gasteiger partial charge on any atom is 0.410 e. The van der Waals surface area contributed by atoms with Crippen molar-refractivity contribution in [1.82, 2.24) is 24.8 Å². The molecule has 4 aromatic heterocycles. The summed E-state index contributed by atoms with van der Waals surface area (Å²) in [5.74, 6) is 0.216. The van der Waals surface area contributed by atoms with Crippen molar-refractivity contribution >= 4 is 40.8 Å². The summed E-state index contributed by atoms with van der Waals surface area (Å²) in [7, 11) is 0. The lowest BCUT2D eigenvalue weighted by Gasteiger charge is -2.24. The Morgan fingerprint density at radius 2 is 1.91 bits per heavy atom. The van der Waals surface area contributed by atoms with Gasteiger partial charge in [0, 0.05) is 55.7 Å². The van der Waals surface area contributed by atoms with Crippen molar-refractivity contribution in [2.75, 3.05) is 54.9 Å². The van der Waals surface area contributed by atoms with Crippen LogP contribution >= 0.6 is 0 Å². The first-order chi connectivity index (χ1) is 20.6. The normalized spacial score (nSPS) is 17.3. The average molecular weight is 591 g/mol. The van der Waals surface area contributed by atoms with E-state index in [9.17, 15) is 9.59 Å². The summed E-state index contributed by atoms with van der Waals surface area (Å²) >= 11 is 0. The molecule has 6 rings (SSSR count). The van der Waals surface area contributed by atoms with Crippen molar-refractivity contribution in [1.29, 1.82) is 0 Å². The maximum atomic E-state index is 13.3. The van der Waals surface area contributed by atoms with Gasteiger partial charge in [-0.1, -0.05) is 0 Å². The van der Waals surface area contributed by atoms with Gasteiger partial charge in [0.05, 0.1) is 18.9 Å². The van der Waals surface area contributed by atoms with E-state index in [1.54, 1.807) is 23.2 Å². The van der Waals surface area contributed by atoms with Crippen molar-refractivity contribution < 1.29 is 27.9 Å². The number of rotatable bonds is 6. The first kappa shape index (κ1) is 28.4. The Balaban J connectivity index is 1.25. The molecular formula is C29H34N8O6. The second-order valence-electron chi connectivity index (χ2n) is 11.5. The summed E-state index contributed by atoms with van der Waals surface area (Å²) in [5, 5.41) is 6.29. The fraction of sp³-hybridized carbons (Fsp3) is 0.448. The molecule has 43 heavy (non-hydrogen) atoms. The fourth-order valence-corrected chi connectivity index (χ4v) is 4.89. The number of ether oxygens (including phenoxy) is 2. The lowest BCUT2D eigenvalue weighted by molar-refractivity contribution is 0.0293. The molecule has 14 nitrogen and oxygen atoms in total. The fourth-order valence-electron chi connectivity index (χ4n) is 4.89. The van der Waals surface area contributed by atoms with Crippen LogP contribution in [0.5, 0.6) is 0 Å². The molecule has 2 aliphatic rings. The zero-order chi connectivity index (χ0) is 30.1. The van der Waals surface area contributed by atoms with Crippen molar-refractivity contribution in [3.05, 3.63) is 42.0 Å². The highest BCUT2D eigenvalue weighted by Crippen LogP contribution is 2.31. The standard InChI is InChI=1S/C29H34N8O6/c1-17-13-18(5-7-30-17)26-33-21(16-41-26)25(38)32-20-14-22-24(35-27(42-22)36-9-11-40-12-10-36)34-23(20)31-19-6-8-37(15-19)28(39)43-29(2,3)4/h5,7,13-14,16,19H,6,8-12,15H2,1-4H3,(H,31,34)(H,32,38)/t19-/m0/s1. The summed E-state index contributed by atoms with van der Waals surface area (Å²) in [4.78, 5) is 47.5. The van der Waals surface area contributed by atoms with E-state index >= 15 is 0 Å². The number of morpholine rings is 1. The third kappa shape index (κ3) is 6.53. The van der Waals surface area contributed by atoms with Gasteiger partial charge >= 0.3 is 6.09 Å². The van der Waals surface area contributed by atoms with Crippen LogP contribution < -0.4 is 15.5 Å². The Hall–Kier alpha value is -4.72. The molecule has 0 bridgehead atoms. The number of likely N-dealkylation sites (tertiary alicyclic amines) is 1. The number of amides is 2. The maximum absolute atomic E-state index is 13.3. The molecule has 4 aromatic rings. The number of pyridine rings is 2. The van der Waals surface area contributed by atoms with E-state index in [2.05, 4.69) is 25.6 Å². The summed E-state index contributed by atoms with van der Waals surface area (Å²) in [6, 6.07) is 5.58. The van der Waals surface area contributed by atoms with Gasteiger partial charge in [0.25, 0.3) is 11.9 Å². The lowest BCUT2D eigenvalue weighted by Crippen LogP contribution is -2.36. The number of fused-ring (bicyclic) bond motifs is 1. The van der Waals surface area contributed by atoms with Crippen molar-refractivity contribution in [2.45, 2.75) is 45.8 Å². The van der Waals surface area contributed by atoms with Gasteiger partial charge in [-0.3, -0.25) is 9.78 Å². The van der Waals surface area contributed by atoms with Gasteiger partial charge in [0.1, 0.15) is 11.9 Å². The summed E-state index contributed by atoms with van der Waals surface area (Å²) in [5.41, 5.74) is 2.21. The number of carbonyl (C=O) groups is 2. The van der Waals surface area contributed by atoms with E-state index < -0.39 is 11.5 Å². The molecule has 0 spiro atoms. The SMILES string of the molecule is Cc1cc(-c2nc(C(=O)Nc3cc4oc(N5CCOCC5)nc4nc3N[C@H]3CCN(C(=O)OC(C)(C)C)C3)co2)ccn1. The first-order valence-electron chi connectivity index (χ1n) is 14.2. The van der Waals surface area contributed by atoms with Gasteiger partial charge in [-0.25, -0.2) is 14.8 Å². The van der Waals surface area contributed by atoms with Crippen LogP contribution in [-0.4, -0.2) is 87.9 Å². The minimum absolute atomic E-state index is 0.0963. The molecule has 1 atom stereocenters. The second-order valence-corrected chi connectivity index (χ2v) is 11.5. The minimum atomic E-state index is -0.588. The van der Waals surface area contributed by atoms with E-state index in [-0.39, 0.29) is 17.8 Å². The molecule has 2 fully saturated rings. The molecule has 14 heteroatoms. The van der Waals surface area contributed by atoms with Crippen molar-refractivity contribution in [3.8, 4) is 11.5 Å². The molecule has 0 aliphatic carbocycles. The summed E-state index contributed by atoms with van der Waals surface area (Å²) in [6.07, 6.45) is 3.26. The predicted molar refractivity (Wildman–Crippen MR) is 157 cm³/mol. The first-order valence-corrected chi connectivity index (χ1v) is 14.2. The quantitative estimate of drug-likeness (QED) is 0.331. The van der Waals surface area contributed by atoms with E-state index in [4.69, 9.17) is 23.3 Å². The third-order valence-electron chi connectivity index (χ3n) is 6.96. The molecular weight excluding hydrogens is 556 g/mol. The van der Waals surface area contributed by atoms with Crippen LogP contribution in [0, 0.1) is 6.92 Å². The molecule has 226 valence electrons. The lowest BCUT2D eigenvalue weighted by atomic mass is 10.2. The Morgan fingerprint density at radius 1 is 1.09 bits per heavy atom. The monoisotopic (exact) mass is 590 g/mol. The minimum Gasteiger partial charge on any atom is -0.444 e. The van der Waals surface area contributed by atoms with E-state index in [0.29, 0.717) is 86.0 Å². The number of aryl methyl sites for hydroxylation is 1. The van der Waals surface area contributed by atoms with Crippen LogP contribution in [-0.2, 0) is 9.47 Å². The number of anilines is 3. The Bertz CT molecular complexity index is 1640. The van der Waals surface area contributed by atoms with Gasteiger partial charge in [0.15, 0.2) is 17.1 Å². The largest absolute Gasteiger partial charge is 0.444 e. The highest BCUT2D eigenvalue weighted by Gasteiger charge is 2.31. The molecule has 0 unspecified atom stereocenters. The van der Waals surface area contributed by atoms with Crippen LogP contribution in [0.3, 0.4) is 0 Å². The Kier molecular flexibility index (Phi) is 7.61. The number of nitrogens with one attached hydrogen (secondary N) is 2. The number of hydrogen-bond donors (Lipinski definition) is 2. The van der Waals surface area contributed by atoms with Crippen molar-refractivity contribution in [3.63, 3.8) is 0 Å². The number of carbonyl (C=O) groups excluding carboxylic acids is 2. The topological polar surface area (TPSA) is 161 Å². The number of oxazole rings is 2. The number of aromatic nitrogens is 4. The molecule has 0 saturated carbocycles. The molecule has 2 N–H and O–H groups in total. The summed E-state index contributed by atoms with van der Waals surface area (Å²) in [6.45, 7) is 10.8. The number of nitrogens with zero attached hydrogens (tertiary/aromatic N) is 6. The zero-order valence-electron chi connectivity index (χ0n) is 24.5. The highest BCUT2D eigenvalue weighted by atomic mass is 16.6. The van der Waals surface area contributed by atoms with Gasteiger partial charge in [-0.2, -0.15) is 4.98 Å². The van der Waals surface area contributed by atoms with E-state index in [0.717, 1.165) is 5.69 Å². The van der Waals surface area contributed by atoms with Gasteiger partial charge < -0.3 is 38.7 Å². The summed E-state index contributed by atoms with van der Waals surface area (Å²) < 4.78 is 22.6. The second kappa shape index (κ2) is 11.5. The van der Waals surface area contributed by atoms with E-state index in [1.807, 2.05) is 38.7 Å². The predicted octanol–water partition coefficient (Wildman–Crippen LogP) is 4.09. The smallest absolute Gasteiger partial charge is 0.410 e. The van der Waals surface area contributed by atoms with Crippen LogP contribution in [0.15, 0.2) is 39.5 Å². The number of hydrogen-bond acceptors (Lipinski definition) is 12. The molecule has 2 aliphatic heterocycles. The third-order valence-corrected chi connectivity index (χ3v) is 6.96. The Morgan fingerprint density at radius 3 is 2.67 bits per heavy atom. The average Bonchev–Trinajstić information content (AvgIpc) is 3.73. The van der Waals surface area contributed by atoms with Crippen LogP contribution in [0.25, 0.3) is 22.7 Å². The molecule has 6 heterocycles. The van der Waals surface area contributed by atoms with Gasteiger partial charge in [0.2, 0.25) is 11.5 Å². The molecule has 2 saturated heterocycles. The molecule has 2 amide bonds. The van der Waals surface area contributed by atoms with Gasteiger partial charge in [-0.15, -0.1) is 0 Å². The Labute approximate surface area is 247 Å². The van der Waals surface area contributed by atoms with Crippen LogP contribution in [0.1, 0.15) is 43.4 Å².